The molecule has 0 bridgehead atoms. The second-order valence-corrected chi connectivity index (χ2v) is 10.6. The Morgan fingerprint density at radius 3 is 2.52 bits per heavy atom. The molecule has 0 spiro atoms. The zero-order valence-electron chi connectivity index (χ0n) is 23.0. The molecular weight excluding hydrogens is 593 g/mol. The fraction of sp³-hybridized carbons (Fsp3) is 0.129. The van der Waals surface area contributed by atoms with E-state index in [1.165, 1.54) is 17.7 Å². The van der Waals surface area contributed by atoms with Gasteiger partial charge in [-0.15, -0.1) is 16.8 Å². The molecule has 0 aliphatic heterocycles. The molecule has 3 aromatic carbocycles. The number of benzene rings is 3. The van der Waals surface area contributed by atoms with Gasteiger partial charge in [0.2, 0.25) is 0 Å². The molecule has 6 aromatic rings. The molecule has 9 nitrogen and oxygen atoms in total. The minimum Gasteiger partial charge on any atom is -0.363 e. The van der Waals surface area contributed by atoms with Crippen LogP contribution in [0.3, 0.4) is 0 Å². The van der Waals surface area contributed by atoms with Crippen molar-refractivity contribution in [3.8, 4) is 16.8 Å². The fourth-order valence-electron chi connectivity index (χ4n) is 4.91. The van der Waals surface area contributed by atoms with E-state index >= 15 is 0 Å². The van der Waals surface area contributed by atoms with Gasteiger partial charge in [0.05, 0.1) is 23.5 Å². The van der Waals surface area contributed by atoms with Crippen LogP contribution in [0.15, 0.2) is 95.5 Å². The molecule has 6 rings (SSSR count). The van der Waals surface area contributed by atoms with E-state index in [9.17, 15) is 22.8 Å². The summed E-state index contributed by atoms with van der Waals surface area (Å²) < 4.78 is 38.8. The van der Waals surface area contributed by atoms with Crippen LogP contribution in [0.25, 0.3) is 37.9 Å². The Hall–Kier alpha value is -5.14. The van der Waals surface area contributed by atoms with Crippen LogP contribution in [0.5, 0.6) is 0 Å². The smallest absolute Gasteiger partial charge is 0.363 e. The van der Waals surface area contributed by atoms with Gasteiger partial charge < -0.3 is 10.2 Å². The minimum atomic E-state index is -5.09. The second kappa shape index (κ2) is 11.9. The van der Waals surface area contributed by atoms with Crippen molar-refractivity contribution in [3.63, 3.8) is 0 Å². The van der Waals surface area contributed by atoms with Crippen molar-refractivity contribution in [1.82, 2.24) is 25.0 Å². The molecule has 1 atom stereocenters. The Bertz CT molecular complexity index is 2030. The van der Waals surface area contributed by atoms with E-state index in [0.29, 0.717) is 39.2 Å². The van der Waals surface area contributed by atoms with Crippen LogP contribution in [0, 0.1) is 0 Å². The van der Waals surface area contributed by atoms with Gasteiger partial charge in [0, 0.05) is 11.4 Å². The number of carbonyl (C=O) groups excluding carboxylic acids is 1. The van der Waals surface area contributed by atoms with Gasteiger partial charge >= 0.3 is 12.1 Å². The molecule has 13 heteroatoms. The maximum Gasteiger partial charge on any atom is 0.492 e. The number of anilines is 1. The second-order valence-electron chi connectivity index (χ2n) is 9.81. The van der Waals surface area contributed by atoms with Crippen molar-refractivity contribution in [2.24, 2.45) is 0 Å². The van der Waals surface area contributed by atoms with Gasteiger partial charge in [0.15, 0.2) is 5.82 Å². The van der Waals surface area contributed by atoms with Crippen LogP contribution in [0.4, 0.5) is 19.0 Å². The summed E-state index contributed by atoms with van der Waals surface area (Å²) in [5.74, 6) is -1.76. The Morgan fingerprint density at radius 2 is 1.77 bits per heavy atom. The lowest BCUT2D eigenvalue weighted by Gasteiger charge is -2.22. The van der Waals surface area contributed by atoms with E-state index in [0.717, 1.165) is 15.8 Å². The van der Waals surface area contributed by atoms with E-state index in [1.807, 2.05) is 67.0 Å². The van der Waals surface area contributed by atoms with Gasteiger partial charge in [-0.1, -0.05) is 60.7 Å². The summed E-state index contributed by atoms with van der Waals surface area (Å²) in [5.41, 5.74) is 7.56. The Morgan fingerprint density at radius 1 is 1.00 bits per heavy atom. The van der Waals surface area contributed by atoms with Crippen LogP contribution in [0.1, 0.15) is 24.2 Å². The van der Waals surface area contributed by atoms with Crippen molar-refractivity contribution < 1.29 is 22.8 Å². The van der Waals surface area contributed by atoms with Crippen molar-refractivity contribution >= 4 is 44.2 Å². The average Bonchev–Trinajstić information content (AvgIpc) is 3.51. The van der Waals surface area contributed by atoms with Gasteiger partial charge in [-0.25, -0.2) is 19.7 Å². The Balaban J connectivity index is 1.38. The SMILES string of the molecule is C[C@H](Nc1ncnc2scnc12)c1cc2cccc(-c3ccc(CNOC(=O)C(F)(F)F)cc3)c2c(=O)n1-c1ccccc1. The number of thiazole rings is 1. The summed E-state index contributed by atoms with van der Waals surface area (Å²) in [6.07, 6.45) is -3.61. The summed E-state index contributed by atoms with van der Waals surface area (Å²) in [4.78, 5) is 43.2. The number of nitrogens with one attached hydrogen (secondary N) is 2. The van der Waals surface area contributed by atoms with Crippen LogP contribution in [0.2, 0.25) is 0 Å². The van der Waals surface area contributed by atoms with E-state index in [4.69, 9.17) is 0 Å². The zero-order valence-corrected chi connectivity index (χ0v) is 23.8. The number of para-hydroxylation sites is 1. The zero-order chi connectivity index (χ0) is 30.8. The number of pyridine rings is 1. The molecule has 0 aliphatic rings. The predicted octanol–water partition coefficient (Wildman–Crippen LogP) is 6.34. The molecule has 3 heterocycles. The van der Waals surface area contributed by atoms with Crippen LogP contribution in [-0.4, -0.2) is 31.7 Å². The third-order valence-electron chi connectivity index (χ3n) is 6.96. The molecule has 0 fully saturated rings. The molecule has 0 saturated carbocycles. The molecule has 0 radical (unpaired) electrons. The van der Waals surface area contributed by atoms with E-state index in [1.54, 1.807) is 34.3 Å². The first kappa shape index (κ1) is 29.0. The number of hydrogen-bond acceptors (Lipinski definition) is 9. The van der Waals surface area contributed by atoms with Gasteiger partial charge in [-0.2, -0.15) is 13.2 Å². The highest BCUT2D eigenvalue weighted by atomic mass is 32.1. The van der Waals surface area contributed by atoms with Gasteiger partial charge in [-0.3, -0.25) is 9.36 Å². The molecule has 0 unspecified atom stereocenters. The van der Waals surface area contributed by atoms with Crippen molar-refractivity contribution in [2.45, 2.75) is 25.7 Å². The van der Waals surface area contributed by atoms with Gasteiger partial charge in [-0.05, 0) is 47.2 Å². The summed E-state index contributed by atoms with van der Waals surface area (Å²) >= 11 is 1.41. The summed E-state index contributed by atoms with van der Waals surface area (Å²) in [6, 6.07) is 23.4. The lowest BCUT2D eigenvalue weighted by atomic mass is 9.97. The van der Waals surface area contributed by atoms with Crippen molar-refractivity contribution in [2.75, 3.05) is 5.32 Å². The molecule has 2 N–H and O–H groups in total. The lowest BCUT2D eigenvalue weighted by molar-refractivity contribution is -0.207. The monoisotopic (exact) mass is 616 g/mol. The highest BCUT2D eigenvalue weighted by Gasteiger charge is 2.41. The number of alkyl halides is 3. The van der Waals surface area contributed by atoms with Gasteiger partial charge in [0.1, 0.15) is 16.7 Å². The van der Waals surface area contributed by atoms with E-state index < -0.39 is 12.1 Å². The number of hydroxylamine groups is 1. The molecule has 3 aromatic heterocycles. The highest BCUT2D eigenvalue weighted by Crippen LogP contribution is 2.31. The van der Waals surface area contributed by atoms with Crippen LogP contribution < -0.4 is 16.4 Å². The normalized spacial score (nSPS) is 12.4. The number of carbonyl (C=O) groups is 1. The predicted molar refractivity (Wildman–Crippen MR) is 161 cm³/mol. The number of nitrogens with zero attached hydrogens (tertiary/aromatic N) is 4. The summed E-state index contributed by atoms with van der Waals surface area (Å²) in [6.45, 7) is 1.81. The maximum atomic E-state index is 14.4. The highest BCUT2D eigenvalue weighted by molar-refractivity contribution is 7.16. The first-order valence-electron chi connectivity index (χ1n) is 13.4. The molecule has 0 amide bonds. The third kappa shape index (κ3) is 5.74. The number of halogens is 3. The average molecular weight is 617 g/mol. The summed E-state index contributed by atoms with van der Waals surface area (Å²) in [7, 11) is 0. The van der Waals surface area contributed by atoms with Crippen LogP contribution in [-0.2, 0) is 16.2 Å². The molecule has 0 aliphatic carbocycles. The number of rotatable bonds is 8. The van der Waals surface area contributed by atoms with Crippen molar-refractivity contribution in [1.29, 1.82) is 0 Å². The first-order chi connectivity index (χ1) is 21.2. The van der Waals surface area contributed by atoms with Gasteiger partial charge in [0.25, 0.3) is 5.56 Å². The van der Waals surface area contributed by atoms with E-state index in [-0.39, 0.29) is 18.1 Å². The Kier molecular flexibility index (Phi) is 7.80. The largest absolute Gasteiger partial charge is 0.492 e. The standard InChI is InChI=1S/C31H23F3N6O3S/c1-18(39-27-26-28(36-16-35-27)44-17-37-26)24-14-21-6-5-9-23(25(21)29(41)40(24)22-7-3-2-4-8-22)20-12-10-19(11-13-20)15-38-43-30(42)31(32,33)34/h2-14,16-18,38H,15H2,1H3,(H,35,36,39)/t18-/m0/s1. The quantitative estimate of drug-likeness (QED) is 0.191. The molecular formula is C31H23F3N6O3S. The molecule has 44 heavy (non-hydrogen) atoms. The molecule has 222 valence electrons. The Labute approximate surface area is 252 Å². The van der Waals surface area contributed by atoms with E-state index in [2.05, 4.69) is 25.1 Å². The topological polar surface area (TPSA) is 111 Å². The maximum absolute atomic E-state index is 14.4. The first-order valence-corrected chi connectivity index (χ1v) is 14.2. The minimum absolute atomic E-state index is 0.133. The fourth-order valence-corrected chi connectivity index (χ4v) is 5.54. The lowest BCUT2D eigenvalue weighted by Crippen LogP contribution is -2.31. The summed E-state index contributed by atoms with van der Waals surface area (Å²) in [5, 5.41) is 4.64. The number of aromatic nitrogens is 4. The molecule has 0 saturated heterocycles. The third-order valence-corrected chi connectivity index (χ3v) is 7.69. The van der Waals surface area contributed by atoms with Crippen LogP contribution >= 0.6 is 11.3 Å². The number of fused-ring (bicyclic) bond motifs is 2. The number of hydrogen-bond donors (Lipinski definition) is 2. The van der Waals surface area contributed by atoms with Crippen molar-refractivity contribution in [3.05, 3.63) is 112 Å².